The molecule has 3 aromatic rings. The number of methoxy groups -OCH3 is 1. The van der Waals surface area contributed by atoms with E-state index in [1.165, 1.54) is 6.33 Å². The van der Waals surface area contributed by atoms with Crippen molar-refractivity contribution in [1.29, 1.82) is 0 Å². The predicted octanol–water partition coefficient (Wildman–Crippen LogP) is 1.33. The molecule has 0 saturated heterocycles. The van der Waals surface area contributed by atoms with Gasteiger partial charge in [0.25, 0.3) is 0 Å². The second-order valence-corrected chi connectivity index (χ2v) is 5.80. The minimum atomic E-state index is -0.105. The highest BCUT2D eigenvalue weighted by molar-refractivity contribution is 5.99. The Morgan fingerprint density at radius 1 is 1.19 bits per heavy atom. The number of fused-ring (bicyclic) bond motifs is 1. The van der Waals surface area contributed by atoms with Gasteiger partial charge in [-0.15, -0.1) is 0 Å². The molecule has 4 rings (SSSR count). The maximum atomic E-state index is 11.8. The van der Waals surface area contributed by atoms with Gasteiger partial charge in [-0.2, -0.15) is 5.10 Å². The van der Waals surface area contributed by atoms with Crippen LogP contribution in [0.25, 0.3) is 22.6 Å². The topological polar surface area (TPSA) is 109 Å². The normalized spacial score (nSPS) is 13.4. The molecule has 1 amide bonds. The van der Waals surface area contributed by atoms with Crippen LogP contribution in [-0.2, 0) is 9.53 Å². The van der Waals surface area contributed by atoms with Crippen molar-refractivity contribution in [3.63, 3.8) is 0 Å². The van der Waals surface area contributed by atoms with Crippen molar-refractivity contribution in [2.45, 2.75) is 0 Å². The molecule has 1 aromatic carbocycles. The van der Waals surface area contributed by atoms with Crippen molar-refractivity contribution in [2.24, 2.45) is 0 Å². The van der Waals surface area contributed by atoms with Gasteiger partial charge in [-0.3, -0.25) is 9.89 Å². The summed E-state index contributed by atoms with van der Waals surface area (Å²) in [6, 6.07) is 7.80. The summed E-state index contributed by atoms with van der Waals surface area (Å²) in [5.41, 5.74) is 2.59. The number of nitrogens with one attached hydrogen (secondary N) is 2. The molecule has 2 aromatic heterocycles. The van der Waals surface area contributed by atoms with E-state index in [4.69, 9.17) is 9.72 Å². The molecule has 132 valence electrons. The smallest absolute Gasteiger partial charge is 0.245 e. The molecule has 9 heteroatoms. The molecule has 26 heavy (non-hydrogen) atoms. The van der Waals surface area contributed by atoms with Crippen LogP contribution in [0.5, 0.6) is 0 Å². The number of benzene rings is 1. The molecule has 1 aliphatic heterocycles. The molecule has 0 atom stereocenters. The Labute approximate surface area is 149 Å². The van der Waals surface area contributed by atoms with Crippen LogP contribution in [0, 0.1) is 0 Å². The molecule has 3 heterocycles. The zero-order valence-electron chi connectivity index (χ0n) is 14.1. The summed E-state index contributed by atoms with van der Waals surface area (Å²) in [7, 11) is 1.63. The van der Waals surface area contributed by atoms with Crippen molar-refractivity contribution in [1.82, 2.24) is 25.1 Å². The standard InChI is InChI=1S/C17H17N7O2/c1-26-7-6-24-9-14(25)22-16-17(24)21-13(8-18-16)11-2-4-12(5-3-11)15-19-10-20-23-15/h2-5,8,10H,6-7,9H2,1H3,(H,18,22,25)(H,19,20,23). The minimum Gasteiger partial charge on any atom is -0.383 e. The maximum absolute atomic E-state index is 11.8. The number of amides is 1. The number of ether oxygens (including phenoxy) is 1. The second-order valence-electron chi connectivity index (χ2n) is 5.80. The highest BCUT2D eigenvalue weighted by Gasteiger charge is 2.24. The Morgan fingerprint density at radius 3 is 2.73 bits per heavy atom. The van der Waals surface area contributed by atoms with Crippen molar-refractivity contribution in [3.05, 3.63) is 36.8 Å². The van der Waals surface area contributed by atoms with E-state index in [0.29, 0.717) is 30.6 Å². The molecule has 0 bridgehead atoms. The molecule has 2 N–H and O–H groups in total. The number of carbonyl (C=O) groups is 1. The Morgan fingerprint density at radius 2 is 2.00 bits per heavy atom. The van der Waals surface area contributed by atoms with Crippen LogP contribution in [0.3, 0.4) is 0 Å². The summed E-state index contributed by atoms with van der Waals surface area (Å²) in [4.78, 5) is 26.9. The van der Waals surface area contributed by atoms with Gasteiger partial charge in [-0.1, -0.05) is 24.3 Å². The van der Waals surface area contributed by atoms with Gasteiger partial charge in [0.15, 0.2) is 17.5 Å². The van der Waals surface area contributed by atoms with Crippen LogP contribution in [-0.4, -0.2) is 57.9 Å². The molecule has 0 aliphatic carbocycles. The van der Waals surface area contributed by atoms with E-state index in [0.717, 1.165) is 16.8 Å². The average Bonchev–Trinajstić information content (AvgIpc) is 3.20. The van der Waals surface area contributed by atoms with Gasteiger partial charge in [-0.05, 0) is 0 Å². The lowest BCUT2D eigenvalue weighted by atomic mass is 10.1. The average molecular weight is 351 g/mol. The van der Waals surface area contributed by atoms with E-state index < -0.39 is 0 Å². The molecule has 0 saturated carbocycles. The van der Waals surface area contributed by atoms with E-state index in [1.807, 2.05) is 29.2 Å². The molecule has 9 nitrogen and oxygen atoms in total. The lowest BCUT2D eigenvalue weighted by Crippen LogP contribution is -2.41. The zero-order valence-corrected chi connectivity index (χ0v) is 14.1. The monoisotopic (exact) mass is 351 g/mol. The second kappa shape index (κ2) is 6.89. The minimum absolute atomic E-state index is 0.105. The van der Waals surface area contributed by atoms with Crippen molar-refractivity contribution < 1.29 is 9.53 Å². The van der Waals surface area contributed by atoms with Crippen LogP contribution in [0.15, 0.2) is 36.8 Å². The molecule has 1 aliphatic rings. The third-order valence-electron chi connectivity index (χ3n) is 4.08. The SMILES string of the molecule is COCCN1CC(=O)Nc2ncc(-c3ccc(-c4ncn[nH]4)cc3)nc21. The quantitative estimate of drug-likeness (QED) is 0.714. The predicted molar refractivity (Wildman–Crippen MR) is 95.6 cm³/mol. The summed E-state index contributed by atoms with van der Waals surface area (Å²) in [5, 5.41) is 9.45. The number of nitrogens with zero attached hydrogens (tertiary/aromatic N) is 5. The lowest BCUT2D eigenvalue weighted by molar-refractivity contribution is -0.115. The first kappa shape index (κ1) is 16.2. The first-order chi connectivity index (χ1) is 12.7. The largest absolute Gasteiger partial charge is 0.383 e. The Kier molecular flexibility index (Phi) is 4.28. The van der Waals surface area contributed by atoms with Gasteiger partial charge in [-0.25, -0.2) is 15.0 Å². The van der Waals surface area contributed by atoms with Crippen LogP contribution in [0.1, 0.15) is 0 Å². The number of hydrogen-bond acceptors (Lipinski definition) is 7. The first-order valence-corrected chi connectivity index (χ1v) is 8.11. The number of anilines is 2. The van der Waals surface area contributed by atoms with Gasteiger partial charge in [0.05, 0.1) is 25.0 Å². The summed E-state index contributed by atoms with van der Waals surface area (Å²) in [5.74, 6) is 1.73. The molecular weight excluding hydrogens is 334 g/mol. The highest BCUT2D eigenvalue weighted by Crippen LogP contribution is 2.29. The number of carbonyl (C=O) groups excluding carboxylic acids is 1. The van der Waals surface area contributed by atoms with Gasteiger partial charge >= 0.3 is 0 Å². The van der Waals surface area contributed by atoms with Crippen molar-refractivity contribution >= 4 is 17.5 Å². The summed E-state index contributed by atoms with van der Waals surface area (Å²) in [6.07, 6.45) is 3.13. The first-order valence-electron chi connectivity index (χ1n) is 8.11. The Hall–Kier alpha value is -3.33. The Balaban J connectivity index is 1.64. The van der Waals surface area contributed by atoms with Crippen LogP contribution < -0.4 is 10.2 Å². The number of H-pyrrole nitrogens is 1. The molecule has 0 spiro atoms. The number of aromatic amines is 1. The fraction of sp³-hybridized carbons (Fsp3) is 0.235. The fourth-order valence-electron chi connectivity index (χ4n) is 2.78. The van der Waals surface area contributed by atoms with Gasteiger partial charge < -0.3 is 15.0 Å². The zero-order chi connectivity index (χ0) is 17.9. The lowest BCUT2D eigenvalue weighted by Gasteiger charge is -2.28. The van der Waals surface area contributed by atoms with E-state index in [2.05, 4.69) is 25.5 Å². The molecular formula is C17H17N7O2. The van der Waals surface area contributed by atoms with Crippen LogP contribution in [0.4, 0.5) is 11.6 Å². The third-order valence-corrected chi connectivity index (χ3v) is 4.08. The van der Waals surface area contributed by atoms with Gasteiger partial charge in [0, 0.05) is 24.8 Å². The van der Waals surface area contributed by atoms with Crippen LogP contribution in [0.2, 0.25) is 0 Å². The summed E-state index contributed by atoms with van der Waals surface area (Å²) < 4.78 is 5.12. The number of aromatic nitrogens is 5. The van der Waals surface area contributed by atoms with Crippen LogP contribution >= 0.6 is 0 Å². The van der Waals surface area contributed by atoms with Gasteiger partial charge in [0.1, 0.15) is 6.33 Å². The molecule has 0 radical (unpaired) electrons. The number of rotatable bonds is 5. The fourth-order valence-corrected chi connectivity index (χ4v) is 2.78. The van der Waals surface area contributed by atoms with Crippen molar-refractivity contribution in [3.8, 4) is 22.6 Å². The van der Waals surface area contributed by atoms with E-state index >= 15 is 0 Å². The van der Waals surface area contributed by atoms with Gasteiger partial charge in [0.2, 0.25) is 5.91 Å². The van der Waals surface area contributed by atoms with Crippen molar-refractivity contribution in [2.75, 3.05) is 37.0 Å². The summed E-state index contributed by atoms with van der Waals surface area (Å²) in [6.45, 7) is 1.31. The Bertz CT molecular complexity index is 909. The molecule has 0 unspecified atom stereocenters. The number of hydrogen-bond donors (Lipinski definition) is 2. The van der Waals surface area contributed by atoms with E-state index in [9.17, 15) is 4.79 Å². The summed E-state index contributed by atoms with van der Waals surface area (Å²) >= 11 is 0. The third kappa shape index (κ3) is 3.11. The maximum Gasteiger partial charge on any atom is 0.245 e. The van der Waals surface area contributed by atoms with E-state index in [-0.39, 0.29) is 12.5 Å². The van der Waals surface area contributed by atoms with E-state index in [1.54, 1.807) is 13.3 Å². The molecule has 0 fully saturated rings. The highest BCUT2D eigenvalue weighted by atomic mass is 16.5.